The zero-order chi connectivity index (χ0) is 9.30. The van der Waals surface area contributed by atoms with Crippen LogP contribution < -0.4 is 5.73 Å². The van der Waals surface area contributed by atoms with Crippen LogP contribution in [0.5, 0.6) is 0 Å². The van der Waals surface area contributed by atoms with Gasteiger partial charge in [0.1, 0.15) is 0 Å². The summed E-state index contributed by atoms with van der Waals surface area (Å²) in [6.45, 7) is 4.57. The molecule has 0 aromatic heterocycles. The summed E-state index contributed by atoms with van der Waals surface area (Å²) in [6, 6.07) is -0.116. The average molecular weight is 172 g/mol. The molecule has 0 aliphatic carbocycles. The van der Waals surface area contributed by atoms with Crippen LogP contribution >= 0.6 is 0 Å². The van der Waals surface area contributed by atoms with Crippen LogP contribution in [0.1, 0.15) is 13.8 Å². The highest BCUT2D eigenvalue weighted by Crippen LogP contribution is 2.13. The molecular formula is C8H16N2O2. The smallest absolute Gasteiger partial charge is 0.227 e. The second-order valence-electron chi connectivity index (χ2n) is 3.54. The zero-order valence-corrected chi connectivity index (χ0v) is 7.53. The van der Waals surface area contributed by atoms with Crippen LogP contribution in [-0.2, 0) is 4.79 Å². The van der Waals surface area contributed by atoms with Gasteiger partial charge in [-0.15, -0.1) is 0 Å². The Morgan fingerprint density at radius 3 is 2.42 bits per heavy atom. The van der Waals surface area contributed by atoms with Crippen molar-refractivity contribution in [3.63, 3.8) is 0 Å². The first-order valence-corrected chi connectivity index (χ1v) is 4.24. The van der Waals surface area contributed by atoms with Crippen molar-refractivity contribution in [3.8, 4) is 0 Å². The van der Waals surface area contributed by atoms with E-state index in [9.17, 15) is 4.79 Å². The van der Waals surface area contributed by atoms with Gasteiger partial charge in [-0.3, -0.25) is 4.79 Å². The number of carbonyl (C=O) groups excluding carboxylic acids is 1. The molecular weight excluding hydrogens is 156 g/mol. The molecule has 4 heteroatoms. The van der Waals surface area contributed by atoms with Crippen molar-refractivity contribution in [3.05, 3.63) is 0 Å². The number of nitrogens with two attached hydrogens (primary N) is 1. The van der Waals surface area contributed by atoms with E-state index >= 15 is 0 Å². The Morgan fingerprint density at radius 1 is 1.58 bits per heavy atom. The van der Waals surface area contributed by atoms with Crippen LogP contribution in [-0.4, -0.2) is 41.1 Å². The summed E-state index contributed by atoms with van der Waals surface area (Å²) in [5.41, 5.74) is 5.58. The first-order valence-electron chi connectivity index (χ1n) is 4.24. The number of likely N-dealkylation sites (tertiary alicyclic amines) is 1. The number of β-amino-alcohol motifs (C(OH)–C–C–N with tert-alkyl or cyclic N) is 1. The molecule has 1 fully saturated rings. The van der Waals surface area contributed by atoms with Crippen LogP contribution in [0.4, 0.5) is 0 Å². The minimum Gasteiger partial charge on any atom is -0.389 e. The van der Waals surface area contributed by atoms with E-state index in [0.717, 1.165) is 0 Å². The summed E-state index contributed by atoms with van der Waals surface area (Å²) < 4.78 is 0. The Kier molecular flexibility index (Phi) is 2.69. The maximum Gasteiger partial charge on any atom is 0.227 e. The second kappa shape index (κ2) is 3.41. The van der Waals surface area contributed by atoms with Crippen molar-refractivity contribution in [2.45, 2.75) is 26.0 Å². The molecule has 2 atom stereocenters. The third-order valence-electron chi connectivity index (χ3n) is 2.35. The predicted molar refractivity (Wildman–Crippen MR) is 45.4 cm³/mol. The number of amides is 1. The fourth-order valence-corrected chi connectivity index (χ4v) is 1.15. The van der Waals surface area contributed by atoms with E-state index in [1.54, 1.807) is 4.90 Å². The number of carbonyl (C=O) groups is 1. The summed E-state index contributed by atoms with van der Waals surface area (Å²) in [4.78, 5) is 13.1. The van der Waals surface area contributed by atoms with Gasteiger partial charge in [0, 0.05) is 19.1 Å². The number of aliphatic hydroxyl groups is 1. The predicted octanol–water partition coefficient (Wildman–Crippen LogP) is -0.827. The standard InChI is InChI=1S/C8H16N2O2/c1-5(6(2)9)8(12)10-3-7(11)4-10/h5-7,11H,3-4,9H2,1-2H3. The van der Waals surface area contributed by atoms with Crippen LogP contribution in [0, 0.1) is 5.92 Å². The van der Waals surface area contributed by atoms with Gasteiger partial charge in [0.2, 0.25) is 5.91 Å². The van der Waals surface area contributed by atoms with Crippen molar-refractivity contribution < 1.29 is 9.90 Å². The lowest BCUT2D eigenvalue weighted by atomic mass is 10.0. The maximum atomic E-state index is 11.4. The van der Waals surface area contributed by atoms with E-state index in [4.69, 9.17) is 10.8 Å². The molecule has 2 unspecified atom stereocenters. The first kappa shape index (κ1) is 9.48. The molecule has 0 saturated carbocycles. The lowest BCUT2D eigenvalue weighted by Gasteiger charge is -2.38. The molecule has 1 rings (SSSR count). The lowest BCUT2D eigenvalue weighted by Crippen LogP contribution is -2.56. The number of hydrogen-bond acceptors (Lipinski definition) is 3. The first-order chi connectivity index (χ1) is 5.52. The van der Waals surface area contributed by atoms with Crippen molar-refractivity contribution >= 4 is 5.91 Å². The van der Waals surface area contributed by atoms with Crippen molar-refractivity contribution in [2.75, 3.05) is 13.1 Å². The summed E-state index contributed by atoms with van der Waals surface area (Å²) in [6.07, 6.45) is -0.325. The van der Waals surface area contributed by atoms with Gasteiger partial charge in [-0.2, -0.15) is 0 Å². The molecule has 0 radical (unpaired) electrons. The van der Waals surface area contributed by atoms with Crippen molar-refractivity contribution in [2.24, 2.45) is 11.7 Å². The van der Waals surface area contributed by atoms with Gasteiger partial charge in [0.05, 0.1) is 12.0 Å². The maximum absolute atomic E-state index is 11.4. The topological polar surface area (TPSA) is 66.6 Å². The van der Waals surface area contributed by atoms with Gasteiger partial charge < -0.3 is 15.7 Å². The molecule has 0 aromatic carbocycles. The highest BCUT2D eigenvalue weighted by Gasteiger charge is 2.32. The summed E-state index contributed by atoms with van der Waals surface area (Å²) >= 11 is 0. The van der Waals surface area contributed by atoms with Crippen LogP contribution in [0.15, 0.2) is 0 Å². The highest BCUT2D eigenvalue weighted by atomic mass is 16.3. The van der Waals surface area contributed by atoms with Gasteiger partial charge in [-0.1, -0.05) is 6.92 Å². The zero-order valence-electron chi connectivity index (χ0n) is 7.53. The van der Waals surface area contributed by atoms with Crippen molar-refractivity contribution in [1.82, 2.24) is 4.90 Å². The molecule has 0 bridgehead atoms. The third kappa shape index (κ3) is 1.76. The Morgan fingerprint density at radius 2 is 2.08 bits per heavy atom. The minimum absolute atomic E-state index is 0.0512. The molecule has 3 N–H and O–H groups in total. The molecule has 0 aromatic rings. The van der Waals surface area contributed by atoms with Gasteiger partial charge in [-0.05, 0) is 6.92 Å². The molecule has 1 heterocycles. The Labute approximate surface area is 72.3 Å². The molecule has 0 spiro atoms. The van der Waals surface area contributed by atoms with E-state index in [-0.39, 0.29) is 24.0 Å². The normalized spacial score (nSPS) is 23.2. The van der Waals surface area contributed by atoms with Gasteiger partial charge in [0.25, 0.3) is 0 Å². The molecule has 1 aliphatic rings. The van der Waals surface area contributed by atoms with E-state index in [0.29, 0.717) is 13.1 Å². The number of rotatable bonds is 2. The third-order valence-corrected chi connectivity index (χ3v) is 2.35. The van der Waals surface area contributed by atoms with Gasteiger partial charge in [-0.25, -0.2) is 0 Å². The lowest BCUT2D eigenvalue weighted by molar-refractivity contribution is -0.145. The fraction of sp³-hybridized carbons (Fsp3) is 0.875. The fourth-order valence-electron chi connectivity index (χ4n) is 1.15. The van der Waals surface area contributed by atoms with Crippen LogP contribution in [0.2, 0.25) is 0 Å². The van der Waals surface area contributed by atoms with E-state index < -0.39 is 0 Å². The molecule has 70 valence electrons. The highest BCUT2D eigenvalue weighted by molar-refractivity contribution is 5.80. The molecule has 1 amide bonds. The molecule has 1 aliphatic heterocycles. The number of nitrogens with zero attached hydrogens (tertiary/aromatic N) is 1. The quantitative estimate of drug-likeness (QED) is 0.571. The SMILES string of the molecule is CC(N)C(C)C(=O)N1CC(O)C1. The number of aliphatic hydroxyl groups excluding tert-OH is 1. The molecule has 4 nitrogen and oxygen atoms in total. The van der Waals surface area contributed by atoms with E-state index in [1.165, 1.54) is 0 Å². The van der Waals surface area contributed by atoms with Gasteiger partial charge >= 0.3 is 0 Å². The van der Waals surface area contributed by atoms with Crippen molar-refractivity contribution in [1.29, 1.82) is 0 Å². The van der Waals surface area contributed by atoms with Crippen LogP contribution in [0.25, 0.3) is 0 Å². The second-order valence-corrected chi connectivity index (χ2v) is 3.54. The van der Waals surface area contributed by atoms with E-state index in [1.807, 2.05) is 13.8 Å². The Bertz CT molecular complexity index is 176. The van der Waals surface area contributed by atoms with Crippen LogP contribution in [0.3, 0.4) is 0 Å². The molecule has 1 saturated heterocycles. The minimum atomic E-state index is -0.325. The number of hydrogen-bond donors (Lipinski definition) is 2. The largest absolute Gasteiger partial charge is 0.389 e. The monoisotopic (exact) mass is 172 g/mol. The van der Waals surface area contributed by atoms with E-state index in [2.05, 4.69) is 0 Å². The van der Waals surface area contributed by atoms with Gasteiger partial charge in [0.15, 0.2) is 0 Å². The summed E-state index contributed by atoms with van der Waals surface area (Å²) in [7, 11) is 0. The average Bonchev–Trinajstić information content (AvgIpc) is 1.95. The summed E-state index contributed by atoms with van der Waals surface area (Å²) in [5, 5.41) is 8.96. The summed E-state index contributed by atoms with van der Waals surface area (Å²) in [5.74, 6) is -0.0900. The molecule has 12 heavy (non-hydrogen) atoms. The Balaban J connectivity index is 2.38. The Hall–Kier alpha value is -0.610.